The molecule has 1 aliphatic carbocycles. The van der Waals surface area contributed by atoms with Crippen molar-refractivity contribution < 1.29 is 9.53 Å². The summed E-state index contributed by atoms with van der Waals surface area (Å²) in [6.45, 7) is 3.67. The van der Waals surface area contributed by atoms with Crippen LogP contribution in [0, 0.1) is 5.92 Å². The highest BCUT2D eigenvalue weighted by molar-refractivity contribution is 5.87. The number of carbonyl (C=O) groups excluding carboxylic acids is 1. The van der Waals surface area contributed by atoms with Crippen molar-refractivity contribution in [3.63, 3.8) is 0 Å². The minimum absolute atomic E-state index is 0.136. The van der Waals surface area contributed by atoms with E-state index in [1.54, 1.807) is 7.11 Å². The van der Waals surface area contributed by atoms with Crippen molar-refractivity contribution >= 4 is 16.8 Å². The molecule has 1 aromatic carbocycles. The Hall–Kier alpha value is -2.01. The molecule has 26 heavy (non-hydrogen) atoms. The zero-order valence-electron chi connectivity index (χ0n) is 15.4. The average Bonchev–Trinajstić information content (AvgIpc) is 3.00. The lowest BCUT2D eigenvalue weighted by atomic mass is 9.69. The van der Waals surface area contributed by atoms with Crippen LogP contribution in [0.3, 0.4) is 0 Å². The molecular weight excluding hydrogens is 326 g/mol. The molecule has 3 heterocycles. The molecule has 2 fully saturated rings. The number of rotatable bonds is 2. The van der Waals surface area contributed by atoms with Gasteiger partial charge in [0.1, 0.15) is 5.75 Å². The number of aromatic nitrogens is 1. The van der Waals surface area contributed by atoms with Gasteiger partial charge in [0.05, 0.1) is 7.11 Å². The number of aromatic amines is 1. The van der Waals surface area contributed by atoms with Gasteiger partial charge in [-0.3, -0.25) is 4.79 Å². The van der Waals surface area contributed by atoms with Gasteiger partial charge in [-0.1, -0.05) is 6.42 Å². The van der Waals surface area contributed by atoms with Crippen molar-refractivity contribution in [2.45, 2.75) is 44.1 Å². The predicted octanol–water partition coefficient (Wildman–Crippen LogP) is 2.94. The normalized spacial score (nSPS) is 22.3. The maximum atomic E-state index is 12.6. The van der Waals surface area contributed by atoms with E-state index in [-0.39, 0.29) is 5.41 Å². The molecule has 0 radical (unpaired) electrons. The van der Waals surface area contributed by atoms with Crippen LogP contribution in [0.4, 0.5) is 0 Å². The van der Waals surface area contributed by atoms with Crippen molar-refractivity contribution in [2.75, 3.05) is 26.7 Å². The van der Waals surface area contributed by atoms with E-state index in [1.165, 1.54) is 23.1 Å². The molecule has 3 aliphatic rings. The number of fused-ring (bicyclic) bond motifs is 4. The zero-order chi connectivity index (χ0) is 17.7. The molecule has 138 valence electrons. The monoisotopic (exact) mass is 353 g/mol. The Bertz CT molecular complexity index is 844. The van der Waals surface area contributed by atoms with Crippen LogP contribution in [0.2, 0.25) is 0 Å². The average molecular weight is 353 g/mol. The largest absolute Gasteiger partial charge is 0.497 e. The van der Waals surface area contributed by atoms with Crippen LogP contribution >= 0.6 is 0 Å². The zero-order valence-corrected chi connectivity index (χ0v) is 15.4. The van der Waals surface area contributed by atoms with E-state index < -0.39 is 0 Å². The first-order chi connectivity index (χ1) is 12.7. The summed E-state index contributed by atoms with van der Waals surface area (Å²) >= 11 is 0. The van der Waals surface area contributed by atoms with E-state index >= 15 is 0 Å². The number of likely N-dealkylation sites (tertiary alicyclic amines) is 1. The summed E-state index contributed by atoms with van der Waals surface area (Å²) in [6, 6.07) is 6.35. The molecule has 1 spiro atoms. The maximum Gasteiger partial charge on any atom is 0.225 e. The maximum absolute atomic E-state index is 12.6. The summed E-state index contributed by atoms with van der Waals surface area (Å²) in [6.07, 6.45) is 5.50. The van der Waals surface area contributed by atoms with Gasteiger partial charge in [-0.15, -0.1) is 0 Å². The Morgan fingerprint density at radius 3 is 2.77 bits per heavy atom. The van der Waals surface area contributed by atoms with E-state index in [0.29, 0.717) is 11.8 Å². The van der Waals surface area contributed by atoms with Gasteiger partial charge in [0.2, 0.25) is 5.91 Å². The fourth-order valence-electron chi connectivity index (χ4n) is 5.11. The predicted molar refractivity (Wildman–Crippen MR) is 101 cm³/mol. The van der Waals surface area contributed by atoms with Gasteiger partial charge >= 0.3 is 0 Å². The Labute approximate surface area is 154 Å². The number of methoxy groups -OCH3 is 1. The molecule has 1 saturated heterocycles. The number of nitrogens with zero attached hydrogens (tertiary/aromatic N) is 1. The summed E-state index contributed by atoms with van der Waals surface area (Å²) in [5.41, 5.74) is 4.07. The second-order valence-corrected chi connectivity index (χ2v) is 8.23. The molecule has 2 aliphatic heterocycles. The molecule has 1 saturated carbocycles. The topological polar surface area (TPSA) is 57.4 Å². The van der Waals surface area contributed by atoms with Crippen molar-refractivity contribution in [1.29, 1.82) is 0 Å². The van der Waals surface area contributed by atoms with Gasteiger partial charge in [-0.05, 0) is 43.4 Å². The molecule has 2 aromatic rings. The third-order valence-electron chi connectivity index (χ3n) is 6.87. The van der Waals surface area contributed by atoms with Gasteiger partial charge in [0.25, 0.3) is 0 Å². The first-order valence-corrected chi connectivity index (χ1v) is 9.89. The summed E-state index contributed by atoms with van der Waals surface area (Å²) < 4.78 is 5.39. The van der Waals surface area contributed by atoms with Gasteiger partial charge < -0.3 is 19.9 Å². The Kier molecular flexibility index (Phi) is 3.74. The molecule has 1 amide bonds. The van der Waals surface area contributed by atoms with Crippen LogP contribution in [0.5, 0.6) is 5.75 Å². The Morgan fingerprint density at radius 1 is 1.27 bits per heavy atom. The van der Waals surface area contributed by atoms with Gasteiger partial charge in [0, 0.05) is 60.2 Å². The van der Waals surface area contributed by atoms with Gasteiger partial charge in [-0.25, -0.2) is 0 Å². The lowest BCUT2D eigenvalue weighted by Gasteiger charge is -2.46. The lowest BCUT2D eigenvalue weighted by Crippen LogP contribution is -2.53. The fraction of sp³-hybridized carbons (Fsp3) is 0.571. The van der Waals surface area contributed by atoms with Crippen LogP contribution < -0.4 is 10.1 Å². The second kappa shape index (κ2) is 6.02. The number of carbonyl (C=O) groups is 1. The summed E-state index contributed by atoms with van der Waals surface area (Å²) in [5, 5.41) is 4.93. The standard InChI is InChI=1S/C21H27N3O2/c1-26-15-5-6-16-17(11-15)23-18-12-22-13-21(19(16)18)7-9-24(10-8-21)20(25)14-3-2-4-14/h5-6,11,14,22-23H,2-4,7-10,12-13H2,1H3. The molecule has 1 aromatic heterocycles. The number of nitrogens with one attached hydrogen (secondary N) is 2. The van der Waals surface area contributed by atoms with E-state index in [1.807, 2.05) is 0 Å². The summed E-state index contributed by atoms with van der Waals surface area (Å²) in [7, 11) is 1.71. The van der Waals surface area contributed by atoms with Gasteiger partial charge in [0.15, 0.2) is 0 Å². The number of hydrogen-bond acceptors (Lipinski definition) is 3. The molecule has 0 bridgehead atoms. The smallest absolute Gasteiger partial charge is 0.225 e. The first-order valence-electron chi connectivity index (χ1n) is 9.89. The SMILES string of the molecule is COc1ccc2c3c([nH]c2c1)CNCC31CCN(C(=O)C2CCC2)CC1. The van der Waals surface area contributed by atoms with Crippen molar-refractivity contribution in [1.82, 2.24) is 15.2 Å². The third kappa shape index (κ3) is 2.37. The molecule has 0 unspecified atom stereocenters. The highest BCUT2D eigenvalue weighted by Gasteiger charge is 2.43. The van der Waals surface area contributed by atoms with Crippen LogP contribution in [0.25, 0.3) is 10.9 Å². The van der Waals surface area contributed by atoms with Gasteiger partial charge in [-0.2, -0.15) is 0 Å². The van der Waals surface area contributed by atoms with E-state index in [9.17, 15) is 4.79 Å². The summed E-state index contributed by atoms with van der Waals surface area (Å²) in [4.78, 5) is 18.4. The number of piperidine rings is 1. The number of benzene rings is 1. The molecule has 5 nitrogen and oxygen atoms in total. The van der Waals surface area contributed by atoms with Crippen LogP contribution in [0.1, 0.15) is 43.4 Å². The molecule has 5 heteroatoms. The second-order valence-electron chi connectivity index (χ2n) is 8.23. The van der Waals surface area contributed by atoms with Crippen molar-refractivity contribution in [3.8, 4) is 5.75 Å². The van der Waals surface area contributed by atoms with E-state index in [0.717, 1.165) is 63.1 Å². The van der Waals surface area contributed by atoms with Crippen LogP contribution in [-0.2, 0) is 16.8 Å². The number of ether oxygens (including phenoxy) is 1. The van der Waals surface area contributed by atoms with Crippen LogP contribution in [-0.4, -0.2) is 42.5 Å². The Morgan fingerprint density at radius 2 is 2.08 bits per heavy atom. The first kappa shape index (κ1) is 16.2. The van der Waals surface area contributed by atoms with E-state index in [4.69, 9.17) is 4.74 Å². The van der Waals surface area contributed by atoms with Crippen LogP contribution in [0.15, 0.2) is 18.2 Å². The van der Waals surface area contributed by atoms with Crippen molar-refractivity contribution in [3.05, 3.63) is 29.5 Å². The number of H-pyrrole nitrogens is 1. The van der Waals surface area contributed by atoms with E-state index in [2.05, 4.69) is 33.4 Å². The number of hydrogen-bond donors (Lipinski definition) is 2. The quantitative estimate of drug-likeness (QED) is 0.873. The minimum Gasteiger partial charge on any atom is -0.497 e. The number of amides is 1. The third-order valence-corrected chi connectivity index (χ3v) is 6.87. The highest BCUT2D eigenvalue weighted by Crippen LogP contribution is 2.44. The lowest BCUT2D eigenvalue weighted by molar-refractivity contribution is -0.139. The van der Waals surface area contributed by atoms with Crippen molar-refractivity contribution in [2.24, 2.45) is 5.92 Å². The Balaban J connectivity index is 1.45. The molecule has 5 rings (SSSR count). The minimum atomic E-state index is 0.136. The molecular formula is C21H27N3O2. The fourth-order valence-corrected chi connectivity index (χ4v) is 5.11. The molecule has 2 N–H and O–H groups in total. The molecule has 0 atom stereocenters. The highest BCUT2D eigenvalue weighted by atomic mass is 16.5. The summed E-state index contributed by atoms with van der Waals surface area (Å²) in [5.74, 6) is 1.60.